The van der Waals surface area contributed by atoms with Crippen LogP contribution in [0.2, 0.25) is 52.4 Å². The van der Waals surface area contributed by atoms with E-state index in [-0.39, 0.29) is 7.25 Å². The van der Waals surface area contributed by atoms with Crippen LogP contribution < -0.4 is 10.4 Å². The quantitative estimate of drug-likeness (QED) is 0.142. The fourth-order valence-electron chi connectivity index (χ4n) is 10.9. The first kappa shape index (κ1) is 43.9. The Bertz CT molecular complexity index is 3130. The van der Waals surface area contributed by atoms with Crippen LogP contribution in [-0.2, 0) is 15.0 Å². The monoisotopic (exact) mass is 1000 g/mol. The van der Waals surface area contributed by atoms with Crippen LogP contribution in [0.15, 0.2) is 143 Å². The number of benzene rings is 6. The van der Waals surface area contributed by atoms with E-state index in [4.69, 9.17) is 8.83 Å². The van der Waals surface area contributed by atoms with Crippen molar-refractivity contribution in [1.82, 2.24) is 0 Å². The number of halogens is 2. The first-order valence-corrected chi connectivity index (χ1v) is 44.9. The van der Waals surface area contributed by atoms with Crippen molar-refractivity contribution >= 4 is 93.8 Å². The van der Waals surface area contributed by atoms with Crippen molar-refractivity contribution in [3.8, 4) is 22.3 Å². The van der Waals surface area contributed by atoms with Gasteiger partial charge in [-0.15, -0.1) is 0 Å². The molecule has 10 rings (SSSR count). The molecule has 0 radical (unpaired) electrons. The van der Waals surface area contributed by atoms with Gasteiger partial charge in [0.05, 0.1) is 0 Å². The van der Waals surface area contributed by atoms with Gasteiger partial charge in [0.15, 0.2) is 0 Å². The van der Waals surface area contributed by atoms with Crippen LogP contribution in [0.5, 0.6) is 0 Å². The van der Waals surface area contributed by atoms with Crippen LogP contribution in [0.3, 0.4) is 0 Å². The Morgan fingerprint density at radius 1 is 0.500 bits per heavy atom. The van der Waals surface area contributed by atoms with Crippen molar-refractivity contribution in [2.45, 2.75) is 73.5 Å². The van der Waals surface area contributed by atoms with Crippen LogP contribution in [0.1, 0.15) is 52.2 Å². The van der Waals surface area contributed by atoms with Gasteiger partial charge < -0.3 is 0 Å². The van der Waals surface area contributed by atoms with Crippen LogP contribution in [-0.4, -0.2) is 21.6 Å². The van der Waals surface area contributed by atoms with E-state index in [0.29, 0.717) is 0 Å². The molecule has 0 N–H and O–H groups in total. The molecule has 8 aromatic rings. The number of hydrogen-bond donors (Lipinski definition) is 0. The molecule has 0 saturated carbocycles. The van der Waals surface area contributed by atoms with Crippen molar-refractivity contribution in [3.05, 3.63) is 179 Å². The Morgan fingerprint density at radius 2 is 0.875 bits per heavy atom. The minimum atomic E-state index is -5.57. The fraction of sp³-hybridized carbons (Fsp3) is 0.214. The fourth-order valence-corrected chi connectivity index (χ4v) is 40.8. The van der Waals surface area contributed by atoms with Crippen molar-refractivity contribution < 1.29 is 23.8 Å². The SMILES string of the molecule is Cc1ccc2c(c1-c1ccc([Si](C)(C)C)cc1)C=C(c1occ3ccccc13)[CH]2[Zr]([Cl])([Cl])([CH]1C(c2occ3ccccc23)=Cc2c1ccc(C)c2-c1ccc([Si](C)(C)C)cc1)=[Si](C)C. The summed E-state index contributed by atoms with van der Waals surface area (Å²) in [6, 6.07) is 45.0. The molecule has 0 fully saturated rings. The van der Waals surface area contributed by atoms with Gasteiger partial charge in [-0.3, -0.25) is 0 Å². The summed E-state index contributed by atoms with van der Waals surface area (Å²) in [5, 5.41) is 7.19. The van der Waals surface area contributed by atoms with E-state index in [2.05, 4.69) is 200 Å². The second kappa shape index (κ2) is 15.5. The number of hydrogen-bond acceptors (Lipinski definition) is 2. The molecule has 2 atom stereocenters. The Labute approximate surface area is 388 Å². The van der Waals surface area contributed by atoms with E-state index >= 15 is 0 Å². The normalized spacial score (nSPS) is 16.6. The molecule has 2 aliphatic carbocycles. The van der Waals surface area contributed by atoms with Gasteiger partial charge in [-0.05, 0) is 0 Å². The second-order valence-electron chi connectivity index (χ2n) is 20.7. The zero-order valence-corrected chi connectivity index (χ0v) is 45.6. The summed E-state index contributed by atoms with van der Waals surface area (Å²) in [5.41, 5.74) is 12.9. The number of fused-ring (bicyclic) bond motifs is 4. The summed E-state index contributed by atoms with van der Waals surface area (Å²) in [5.74, 6) is 1.72. The van der Waals surface area contributed by atoms with Gasteiger partial charge in [0.25, 0.3) is 0 Å². The number of rotatable bonds is 8. The molecule has 0 amide bonds. The van der Waals surface area contributed by atoms with Crippen molar-refractivity contribution in [2.75, 3.05) is 0 Å². The summed E-state index contributed by atoms with van der Waals surface area (Å²) >= 11 is -5.57. The first-order chi connectivity index (χ1) is 30.4. The molecule has 2 aliphatic rings. The average Bonchev–Trinajstić information content (AvgIpc) is 4.06. The van der Waals surface area contributed by atoms with Gasteiger partial charge in [0, 0.05) is 0 Å². The Hall–Kier alpha value is -4.01. The van der Waals surface area contributed by atoms with Crippen LogP contribution in [0.4, 0.5) is 0 Å². The van der Waals surface area contributed by atoms with Crippen molar-refractivity contribution in [3.63, 3.8) is 0 Å². The summed E-state index contributed by atoms with van der Waals surface area (Å²) < 4.78 is 13.0. The molecule has 8 heteroatoms. The molecule has 0 aliphatic heterocycles. The van der Waals surface area contributed by atoms with Crippen molar-refractivity contribution in [1.29, 1.82) is 0 Å². The van der Waals surface area contributed by atoms with E-state index in [1.807, 2.05) is 12.5 Å². The maximum absolute atomic E-state index is 9.21. The Kier molecular flexibility index (Phi) is 10.7. The minimum absolute atomic E-state index is 0.278. The Morgan fingerprint density at radius 3 is 1.23 bits per heavy atom. The number of allylic oxidation sites excluding steroid dienone is 2. The van der Waals surface area contributed by atoms with E-state index in [9.17, 15) is 17.0 Å². The third-order valence-corrected chi connectivity index (χ3v) is 64.8. The first-order valence-electron chi connectivity index (χ1n) is 22.6. The summed E-state index contributed by atoms with van der Waals surface area (Å²) in [6.07, 6.45) is 8.61. The van der Waals surface area contributed by atoms with E-state index in [1.165, 1.54) is 66.0 Å². The van der Waals surface area contributed by atoms with Gasteiger partial charge in [0.1, 0.15) is 0 Å². The van der Waals surface area contributed by atoms with E-state index in [0.717, 1.165) is 44.2 Å². The molecule has 6 aromatic carbocycles. The summed E-state index contributed by atoms with van der Waals surface area (Å²) in [7, 11) is 15.4. The topological polar surface area (TPSA) is 26.3 Å². The van der Waals surface area contributed by atoms with Crippen LogP contribution in [0.25, 0.3) is 67.1 Å². The second-order valence-corrected chi connectivity index (χ2v) is 69.6. The maximum atomic E-state index is 9.21. The zero-order valence-electron chi connectivity index (χ0n) is 38.6. The summed E-state index contributed by atoms with van der Waals surface area (Å²) in [4.78, 5) is 0. The molecule has 2 heterocycles. The molecule has 322 valence electrons. The molecule has 2 nitrogen and oxygen atoms in total. The van der Waals surface area contributed by atoms with Crippen LogP contribution >= 0.6 is 17.0 Å². The predicted molar refractivity (Wildman–Crippen MR) is 282 cm³/mol. The number of aryl methyl sites for hydroxylation is 2. The molecule has 0 spiro atoms. The van der Waals surface area contributed by atoms with Crippen molar-refractivity contribution in [2.24, 2.45) is 0 Å². The van der Waals surface area contributed by atoms with E-state index < -0.39 is 36.6 Å². The molecule has 0 bridgehead atoms. The van der Waals surface area contributed by atoms with Crippen LogP contribution in [0, 0.1) is 13.8 Å². The van der Waals surface area contributed by atoms with E-state index in [1.54, 1.807) is 0 Å². The molecular formula is C56H56Cl2O2Si3Zr. The molecule has 64 heavy (non-hydrogen) atoms. The van der Waals surface area contributed by atoms with Gasteiger partial charge in [0.2, 0.25) is 0 Å². The molecule has 2 unspecified atom stereocenters. The zero-order chi connectivity index (χ0) is 45.1. The van der Waals surface area contributed by atoms with Gasteiger partial charge in [-0.2, -0.15) is 0 Å². The van der Waals surface area contributed by atoms with Gasteiger partial charge >= 0.3 is 392 Å². The molecular weight excluding hydrogens is 951 g/mol. The van der Waals surface area contributed by atoms with Gasteiger partial charge in [-0.1, -0.05) is 0 Å². The summed E-state index contributed by atoms with van der Waals surface area (Å²) in [6.45, 7) is 23.7. The third kappa shape index (κ3) is 6.84. The Balaban J connectivity index is 1.28. The third-order valence-electron chi connectivity index (χ3n) is 14.5. The average molecular weight is 1010 g/mol. The number of furan rings is 2. The molecule has 2 aromatic heterocycles. The van der Waals surface area contributed by atoms with Gasteiger partial charge in [-0.25, -0.2) is 0 Å². The molecule has 0 saturated heterocycles. The predicted octanol–water partition coefficient (Wildman–Crippen LogP) is 16.4. The standard InChI is InChI=1S/2C27H25OSi.C2H6Si.2ClH.Zr/c2*1-18-9-10-20-15-22(27-24-8-6-5-7-21(24)17-28-27)16-25(20)26(18)19-11-13-23(14-12-19)29(2,3)4;1-3-2;;;/h2*5-17H,1-4H3;1-2H3;2*1H;/q;;;;;+2/p-2.